The third-order valence-electron chi connectivity index (χ3n) is 1.20. The van der Waals surface area contributed by atoms with Crippen LogP contribution in [0.3, 0.4) is 0 Å². The first-order chi connectivity index (χ1) is 5.49. The number of alkyl halides is 3. The summed E-state index contributed by atoms with van der Waals surface area (Å²) in [5, 5.41) is 5.19. The highest BCUT2D eigenvalue weighted by Crippen LogP contribution is 2.18. The van der Waals surface area contributed by atoms with Crippen LogP contribution in [0.5, 0.6) is 0 Å². The molecule has 6 heteroatoms. The average molecular weight is 178 g/mol. The Morgan fingerprint density at radius 1 is 1.50 bits per heavy atom. The fraction of sp³-hybridized carbons (Fsp3) is 0.333. The maximum Gasteiger partial charge on any atom is 0.393 e. The second kappa shape index (κ2) is 2.96. The van der Waals surface area contributed by atoms with Crippen LogP contribution in [0, 0.1) is 0 Å². The van der Waals surface area contributed by atoms with Crippen molar-refractivity contribution >= 4 is 0 Å². The van der Waals surface area contributed by atoms with Crippen LogP contribution in [-0.2, 0) is 6.42 Å². The number of H-pyrrole nitrogens is 1. The van der Waals surface area contributed by atoms with E-state index in [0.29, 0.717) is 0 Å². The molecule has 0 unspecified atom stereocenters. The molecule has 0 fully saturated rings. The van der Waals surface area contributed by atoms with E-state index >= 15 is 0 Å². The van der Waals surface area contributed by atoms with Crippen molar-refractivity contribution in [2.45, 2.75) is 12.6 Å². The SMILES string of the molecule is O=c1[nH]nccc1CC(F)(F)F. The zero-order chi connectivity index (χ0) is 9.19. The molecule has 1 aromatic heterocycles. The molecule has 1 aromatic rings. The zero-order valence-corrected chi connectivity index (χ0v) is 5.85. The molecule has 1 heterocycles. The average Bonchev–Trinajstić information content (AvgIpc) is 1.91. The van der Waals surface area contributed by atoms with Crippen molar-refractivity contribution in [3.8, 4) is 0 Å². The molecular weight excluding hydrogens is 173 g/mol. The molecule has 1 N–H and O–H groups in total. The lowest BCUT2D eigenvalue weighted by Gasteiger charge is -2.03. The van der Waals surface area contributed by atoms with E-state index in [9.17, 15) is 18.0 Å². The lowest BCUT2D eigenvalue weighted by atomic mass is 10.2. The molecule has 1 rings (SSSR count). The second-order valence-electron chi connectivity index (χ2n) is 2.20. The zero-order valence-electron chi connectivity index (χ0n) is 5.85. The van der Waals surface area contributed by atoms with E-state index in [2.05, 4.69) is 5.10 Å². The number of hydrogen-bond acceptors (Lipinski definition) is 2. The molecule has 0 bridgehead atoms. The van der Waals surface area contributed by atoms with Crippen LogP contribution in [0.4, 0.5) is 13.2 Å². The summed E-state index contributed by atoms with van der Waals surface area (Å²) in [7, 11) is 0. The molecular formula is C6H5F3N2O. The van der Waals surface area contributed by atoms with Gasteiger partial charge in [-0.2, -0.15) is 18.3 Å². The van der Waals surface area contributed by atoms with Gasteiger partial charge in [-0.25, -0.2) is 5.10 Å². The van der Waals surface area contributed by atoms with Crippen molar-refractivity contribution in [1.29, 1.82) is 0 Å². The molecule has 3 nitrogen and oxygen atoms in total. The van der Waals surface area contributed by atoms with Crippen LogP contribution in [0.15, 0.2) is 17.1 Å². The molecule has 0 aromatic carbocycles. The van der Waals surface area contributed by atoms with E-state index < -0.39 is 18.2 Å². The normalized spacial score (nSPS) is 11.6. The van der Waals surface area contributed by atoms with Crippen LogP contribution in [0.2, 0.25) is 0 Å². The summed E-state index contributed by atoms with van der Waals surface area (Å²) >= 11 is 0. The first-order valence-corrected chi connectivity index (χ1v) is 3.08. The molecule has 0 aliphatic rings. The van der Waals surface area contributed by atoms with Gasteiger partial charge in [0.05, 0.1) is 6.42 Å². The number of nitrogens with one attached hydrogen (secondary N) is 1. The first-order valence-electron chi connectivity index (χ1n) is 3.08. The fourth-order valence-corrected chi connectivity index (χ4v) is 0.726. The highest BCUT2D eigenvalue weighted by Gasteiger charge is 2.28. The monoisotopic (exact) mass is 178 g/mol. The minimum atomic E-state index is -4.35. The summed E-state index contributed by atoms with van der Waals surface area (Å²) in [4.78, 5) is 10.7. The maximum absolute atomic E-state index is 11.7. The van der Waals surface area contributed by atoms with Crippen LogP contribution >= 0.6 is 0 Å². The summed E-state index contributed by atoms with van der Waals surface area (Å²) in [5.41, 5.74) is -1.12. The number of aromatic amines is 1. The lowest BCUT2D eigenvalue weighted by molar-refractivity contribution is -0.127. The number of nitrogens with zero attached hydrogens (tertiary/aromatic N) is 1. The molecule has 0 saturated carbocycles. The van der Waals surface area contributed by atoms with Crippen molar-refractivity contribution in [2.24, 2.45) is 0 Å². The van der Waals surface area contributed by atoms with E-state index in [1.165, 1.54) is 0 Å². The van der Waals surface area contributed by atoms with Crippen LogP contribution in [-0.4, -0.2) is 16.4 Å². The molecule has 0 amide bonds. The van der Waals surface area contributed by atoms with E-state index in [0.717, 1.165) is 12.3 Å². The van der Waals surface area contributed by atoms with Gasteiger partial charge in [-0.3, -0.25) is 4.79 Å². The van der Waals surface area contributed by atoms with Gasteiger partial charge in [-0.1, -0.05) is 0 Å². The minimum Gasteiger partial charge on any atom is -0.268 e. The molecule has 0 radical (unpaired) electrons. The number of hydrogen-bond donors (Lipinski definition) is 1. The summed E-state index contributed by atoms with van der Waals surface area (Å²) in [6.45, 7) is 0. The summed E-state index contributed by atoms with van der Waals surface area (Å²) in [6.07, 6.45) is -4.46. The van der Waals surface area contributed by atoms with E-state index in [-0.39, 0.29) is 5.56 Å². The Balaban J connectivity index is 2.91. The number of rotatable bonds is 1. The van der Waals surface area contributed by atoms with Crippen molar-refractivity contribution in [2.75, 3.05) is 0 Å². The molecule has 0 spiro atoms. The second-order valence-corrected chi connectivity index (χ2v) is 2.20. The largest absolute Gasteiger partial charge is 0.393 e. The Hall–Kier alpha value is -1.33. The van der Waals surface area contributed by atoms with Crippen LogP contribution in [0.1, 0.15) is 5.56 Å². The topological polar surface area (TPSA) is 45.8 Å². The van der Waals surface area contributed by atoms with E-state index in [1.807, 2.05) is 5.10 Å². The Morgan fingerprint density at radius 3 is 2.67 bits per heavy atom. The van der Waals surface area contributed by atoms with Crippen LogP contribution < -0.4 is 5.56 Å². The molecule has 0 aliphatic heterocycles. The van der Waals surface area contributed by atoms with E-state index in [4.69, 9.17) is 0 Å². The molecule has 0 saturated heterocycles. The number of aromatic nitrogens is 2. The lowest BCUT2D eigenvalue weighted by Crippen LogP contribution is -2.20. The molecule has 12 heavy (non-hydrogen) atoms. The highest BCUT2D eigenvalue weighted by molar-refractivity contribution is 5.07. The van der Waals surface area contributed by atoms with Crippen molar-refractivity contribution in [3.63, 3.8) is 0 Å². The summed E-state index contributed by atoms with van der Waals surface area (Å²) < 4.78 is 35.2. The molecule has 0 atom stereocenters. The van der Waals surface area contributed by atoms with Gasteiger partial charge in [0.25, 0.3) is 5.56 Å². The molecule has 66 valence electrons. The van der Waals surface area contributed by atoms with Gasteiger partial charge in [-0.15, -0.1) is 0 Å². The van der Waals surface area contributed by atoms with Crippen molar-refractivity contribution in [3.05, 3.63) is 28.2 Å². The highest BCUT2D eigenvalue weighted by atomic mass is 19.4. The minimum absolute atomic E-state index is 0.322. The summed E-state index contributed by atoms with van der Waals surface area (Å²) in [5.74, 6) is 0. The molecule has 0 aliphatic carbocycles. The van der Waals surface area contributed by atoms with Crippen molar-refractivity contribution < 1.29 is 13.2 Å². The van der Waals surface area contributed by atoms with Crippen molar-refractivity contribution in [1.82, 2.24) is 10.2 Å². The predicted molar refractivity (Wildman–Crippen MR) is 34.6 cm³/mol. The predicted octanol–water partition coefficient (Wildman–Crippen LogP) is 0.875. The van der Waals surface area contributed by atoms with Gasteiger partial charge < -0.3 is 0 Å². The number of halogens is 3. The first kappa shape index (κ1) is 8.76. The Labute approximate surface area is 65.2 Å². The van der Waals surface area contributed by atoms with Gasteiger partial charge >= 0.3 is 6.18 Å². The fourth-order valence-electron chi connectivity index (χ4n) is 0.726. The van der Waals surface area contributed by atoms with Gasteiger partial charge in [0.15, 0.2) is 0 Å². The van der Waals surface area contributed by atoms with Gasteiger partial charge in [0.2, 0.25) is 0 Å². The third kappa shape index (κ3) is 2.37. The van der Waals surface area contributed by atoms with Gasteiger partial charge in [0.1, 0.15) is 0 Å². The Morgan fingerprint density at radius 2 is 2.17 bits per heavy atom. The summed E-state index contributed by atoms with van der Waals surface area (Å²) in [6, 6.07) is 1.05. The van der Waals surface area contributed by atoms with Gasteiger partial charge in [0, 0.05) is 11.8 Å². The van der Waals surface area contributed by atoms with Gasteiger partial charge in [-0.05, 0) is 6.07 Å². The quantitative estimate of drug-likeness (QED) is 0.693. The smallest absolute Gasteiger partial charge is 0.268 e. The standard InChI is InChI=1S/C6H5F3N2O/c7-6(8,9)3-4-1-2-10-11-5(4)12/h1-2H,3H2,(H,11,12). The van der Waals surface area contributed by atoms with E-state index in [1.54, 1.807) is 0 Å². The van der Waals surface area contributed by atoms with Crippen LogP contribution in [0.25, 0.3) is 0 Å². The Kier molecular flexibility index (Phi) is 2.16. The third-order valence-corrected chi connectivity index (χ3v) is 1.20. The Bertz CT molecular complexity index is 317. The maximum atomic E-state index is 11.7.